The van der Waals surface area contributed by atoms with Gasteiger partial charge < -0.3 is 0 Å². The Labute approximate surface area is 82.6 Å². The van der Waals surface area contributed by atoms with Gasteiger partial charge in [-0.1, -0.05) is 62.7 Å². The van der Waals surface area contributed by atoms with Crippen molar-refractivity contribution in [3.63, 3.8) is 0 Å². The van der Waals surface area contributed by atoms with Gasteiger partial charge in [0.05, 0.1) is 0 Å². The number of hydrogen-bond acceptors (Lipinski definition) is 0. The van der Waals surface area contributed by atoms with E-state index in [2.05, 4.69) is 44.5 Å². The summed E-state index contributed by atoms with van der Waals surface area (Å²) in [4.78, 5) is 0. The van der Waals surface area contributed by atoms with Crippen LogP contribution in [0.2, 0.25) is 12.6 Å². The molecule has 0 aliphatic rings. The van der Waals surface area contributed by atoms with Crippen molar-refractivity contribution >= 4 is 7.28 Å². The normalized spacial score (nSPS) is 9.92. The van der Waals surface area contributed by atoms with Gasteiger partial charge in [-0.25, -0.2) is 0 Å². The molecule has 1 heteroatoms. The van der Waals surface area contributed by atoms with Gasteiger partial charge in [0, 0.05) is 0 Å². The number of hydrogen-bond donors (Lipinski definition) is 0. The maximum Gasteiger partial charge on any atom is 0.109 e. The molecule has 0 atom stereocenters. The van der Waals surface area contributed by atoms with Crippen LogP contribution in [0.1, 0.15) is 25.3 Å². The SMILES string of the molecule is CCC[B]CCCc1ccccc1. The van der Waals surface area contributed by atoms with Crippen LogP contribution in [0.25, 0.3) is 0 Å². The third-order valence-electron chi connectivity index (χ3n) is 2.21. The third kappa shape index (κ3) is 4.77. The molecule has 0 nitrogen and oxygen atoms in total. The molecule has 0 saturated heterocycles. The highest BCUT2D eigenvalue weighted by molar-refractivity contribution is 6.35. The molecule has 1 radical (unpaired) electrons. The summed E-state index contributed by atoms with van der Waals surface area (Å²) in [6.45, 7) is 2.23. The topological polar surface area (TPSA) is 0 Å². The zero-order chi connectivity index (χ0) is 9.36. The lowest BCUT2D eigenvalue weighted by atomic mass is 9.69. The fourth-order valence-electron chi connectivity index (χ4n) is 1.44. The fourth-order valence-corrected chi connectivity index (χ4v) is 1.44. The molecule has 0 fully saturated rings. The number of rotatable bonds is 6. The smallest absolute Gasteiger partial charge is 0.0806 e. The monoisotopic (exact) mass is 173 g/mol. The third-order valence-corrected chi connectivity index (χ3v) is 2.21. The van der Waals surface area contributed by atoms with Gasteiger partial charge in [-0.2, -0.15) is 0 Å². The Balaban J connectivity index is 2.07. The lowest BCUT2D eigenvalue weighted by molar-refractivity contribution is 0.907. The molecule has 0 saturated carbocycles. The van der Waals surface area contributed by atoms with Crippen molar-refractivity contribution in [2.24, 2.45) is 0 Å². The molecule has 13 heavy (non-hydrogen) atoms. The van der Waals surface area contributed by atoms with Crippen LogP contribution in [0, 0.1) is 0 Å². The molecule has 0 N–H and O–H groups in total. The summed E-state index contributed by atoms with van der Waals surface area (Å²) in [5, 5.41) is 0. The van der Waals surface area contributed by atoms with Crippen LogP contribution in [0.15, 0.2) is 30.3 Å². The number of benzene rings is 1. The summed E-state index contributed by atoms with van der Waals surface area (Å²) < 4.78 is 0. The zero-order valence-electron chi connectivity index (χ0n) is 8.50. The van der Waals surface area contributed by atoms with Gasteiger partial charge in [-0.15, -0.1) is 0 Å². The molecule has 69 valence electrons. The Morgan fingerprint density at radius 2 is 1.85 bits per heavy atom. The minimum absolute atomic E-state index is 1.22. The quantitative estimate of drug-likeness (QED) is 0.455. The van der Waals surface area contributed by atoms with Crippen LogP contribution in [0.5, 0.6) is 0 Å². The van der Waals surface area contributed by atoms with E-state index in [1.165, 1.54) is 37.5 Å². The van der Waals surface area contributed by atoms with E-state index >= 15 is 0 Å². The Kier molecular flexibility index (Phi) is 5.39. The molecular weight excluding hydrogens is 155 g/mol. The Morgan fingerprint density at radius 3 is 2.54 bits per heavy atom. The first-order valence-electron chi connectivity index (χ1n) is 5.29. The Bertz CT molecular complexity index is 206. The standard InChI is InChI=1S/C12H18B/c1-2-10-13-11-6-9-12-7-4-3-5-8-12/h3-5,7-8H,2,6,9-11H2,1H3. The number of aryl methyl sites for hydroxylation is 1. The minimum atomic E-state index is 1.22. The van der Waals surface area contributed by atoms with E-state index < -0.39 is 0 Å². The average Bonchev–Trinajstić information content (AvgIpc) is 2.19. The molecule has 1 aromatic carbocycles. The van der Waals surface area contributed by atoms with Gasteiger partial charge in [-0.3, -0.25) is 0 Å². The second-order valence-electron chi connectivity index (χ2n) is 3.46. The first-order chi connectivity index (χ1) is 6.43. The van der Waals surface area contributed by atoms with Crippen molar-refractivity contribution in [3.8, 4) is 0 Å². The summed E-state index contributed by atoms with van der Waals surface area (Å²) in [5.74, 6) is 0. The average molecular weight is 173 g/mol. The van der Waals surface area contributed by atoms with E-state index in [-0.39, 0.29) is 0 Å². The largest absolute Gasteiger partial charge is 0.109 e. The maximum atomic E-state index is 2.41. The molecule has 0 bridgehead atoms. The molecule has 1 aromatic rings. The summed E-state index contributed by atoms with van der Waals surface area (Å²) in [5.41, 5.74) is 1.47. The Hall–Kier alpha value is -0.715. The summed E-state index contributed by atoms with van der Waals surface area (Å²) >= 11 is 0. The summed E-state index contributed by atoms with van der Waals surface area (Å²) in [6, 6.07) is 10.7. The van der Waals surface area contributed by atoms with E-state index in [4.69, 9.17) is 0 Å². The van der Waals surface area contributed by atoms with Crippen molar-refractivity contribution in [2.45, 2.75) is 38.8 Å². The van der Waals surface area contributed by atoms with Gasteiger partial charge in [-0.05, 0) is 12.0 Å². The second kappa shape index (κ2) is 6.76. The fraction of sp³-hybridized carbons (Fsp3) is 0.500. The molecule has 0 aliphatic carbocycles. The van der Waals surface area contributed by atoms with E-state index in [1.807, 2.05) is 0 Å². The van der Waals surface area contributed by atoms with Gasteiger partial charge in [0.1, 0.15) is 7.28 Å². The molecule has 0 unspecified atom stereocenters. The molecule has 0 aliphatic heterocycles. The van der Waals surface area contributed by atoms with Gasteiger partial charge in [0.25, 0.3) is 0 Å². The van der Waals surface area contributed by atoms with Gasteiger partial charge >= 0.3 is 0 Å². The molecule has 0 amide bonds. The molecule has 0 aromatic heterocycles. The van der Waals surface area contributed by atoms with E-state index in [1.54, 1.807) is 0 Å². The van der Waals surface area contributed by atoms with Gasteiger partial charge in [0.2, 0.25) is 0 Å². The minimum Gasteiger partial charge on any atom is -0.0806 e. The lowest BCUT2D eigenvalue weighted by Crippen LogP contribution is -1.90. The van der Waals surface area contributed by atoms with Crippen LogP contribution in [0.4, 0.5) is 0 Å². The predicted octanol–water partition coefficient (Wildman–Crippen LogP) is 3.57. The highest BCUT2D eigenvalue weighted by Gasteiger charge is 1.92. The van der Waals surface area contributed by atoms with Gasteiger partial charge in [0.15, 0.2) is 0 Å². The molecule has 1 rings (SSSR count). The van der Waals surface area contributed by atoms with E-state index in [0.717, 1.165) is 0 Å². The first kappa shape index (κ1) is 10.4. The van der Waals surface area contributed by atoms with Crippen LogP contribution in [-0.4, -0.2) is 7.28 Å². The van der Waals surface area contributed by atoms with E-state index in [0.29, 0.717) is 0 Å². The van der Waals surface area contributed by atoms with E-state index in [9.17, 15) is 0 Å². The highest BCUT2D eigenvalue weighted by atomic mass is 13.9. The lowest BCUT2D eigenvalue weighted by Gasteiger charge is -1.99. The van der Waals surface area contributed by atoms with Crippen LogP contribution in [0.3, 0.4) is 0 Å². The zero-order valence-corrected chi connectivity index (χ0v) is 8.50. The Morgan fingerprint density at radius 1 is 1.08 bits per heavy atom. The summed E-state index contributed by atoms with van der Waals surface area (Å²) in [7, 11) is 2.41. The van der Waals surface area contributed by atoms with Crippen LogP contribution in [-0.2, 0) is 6.42 Å². The predicted molar refractivity (Wildman–Crippen MR) is 60.4 cm³/mol. The second-order valence-corrected chi connectivity index (χ2v) is 3.46. The maximum absolute atomic E-state index is 2.41. The highest BCUT2D eigenvalue weighted by Crippen LogP contribution is 2.05. The van der Waals surface area contributed by atoms with Crippen molar-refractivity contribution in [3.05, 3.63) is 35.9 Å². The van der Waals surface area contributed by atoms with Crippen LogP contribution >= 0.6 is 0 Å². The van der Waals surface area contributed by atoms with Crippen molar-refractivity contribution < 1.29 is 0 Å². The molecule has 0 spiro atoms. The van der Waals surface area contributed by atoms with Crippen molar-refractivity contribution in [1.29, 1.82) is 0 Å². The summed E-state index contributed by atoms with van der Waals surface area (Å²) in [6.07, 6.45) is 6.34. The van der Waals surface area contributed by atoms with Crippen molar-refractivity contribution in [2.75, 3.05) is 0 Å². The van der Waals surface area contributed by atoms with Crippen LogP contribution < -0.4 is 0 Å². The van der Waals surface area contributed by atoms with Crippen molar-refractivity contribution in [1.82, 2.24) is 0 Å². The molecule has 0 heterocycles. The first-order valence-corrected chi connectivity index (χ1v) is 5.29. The molecular formula is C12H18B.